The third-order valence-electron chi connectivity index (χ3n) is 10.00. The highest BCUT2D eigenvalue weighted by Crippen LogP contribution is 2.57. The van der Waals surface area contributed by atoms with Gasteiger partial charge in [0.2, 0.25) is 11.8 Å². The van der Waals surface area contributed by atoms with Crippen LogP contribution in [0.25, 0.3) is 0 Å². The second-order valence-electron chi connectivity index (χ2n) is 14.2. The van der Waals surface area contributed by atoms with E-state index in [1.165, 1.54) is 7.11 Å². The number of hydrogen-bond acceptors (Lipinski definition) is 6. The van der Waals surface area contributed by atoms with E-state index in [0.717, 1.165) is 44.9 Å². The Bertz CT molecular complexity index is 964. The van der Waals surface area contributed by atoms with Gasteiger partial charge in [-0.25, -0.2) is 4.79 Å². The highest BCUT2D eigenvalue weighted by Gasteiger charge is 2.59. The summed E-state index contributed by atoms with van der Waals surface area (Å²) in [6, 6.07) is -0.728. The zero-order valence-electron chi connectivity index (χ0n) is 25.8. The Morgan fingerprint density at radius 3 is 2.02 bits per heavy atom. The summed E-state index contributed by atoms with van der Waals surface area (Å²) in [5.41, 5.74) is -2.11. The highest BCUT2D eigenvalue weighted by molar-refractivity contribution is 6.26. The first-order valence-corrected chi connectivity index (χ1v) is 16.1. The number of carbonyl (C=O) groups is 4. The normalized spacial score (nSPS) is 34.3. The molecule has 0 aromatic carbocycles. The van der Waals surface area contributed by atoms with Gasteiger partial charge < -0.3 is 20.1 Å². The maximum absolute atomic E-state index is 13.6. The van der Waals surface area contributed by atoms with Gasteiger partial charge in [-0.05, 0) is 96.8 Å². The van der Waals surface area contributed by atoms with E-state index in [-0.39, 0.29) is 46.4 Å². The molecule has 5 atom stereocenters. The molecular weight excluding hydrogens is 567 g/mol. The number of hydrogen-bond donors (Lipinski definition) is 2. The monoisotopic (exact) mass is 616 g/mol. The summed E-state index contributed by atoms with van der Waals surface area (Å²) in [6.07, 6.45) is 7.27. The van der Waals surface area contributed by atoms with Crippen LogP contribution in [0.3, 0.4) is 0 Å². The fraction of sp³-hybridized carbons (Fsp3) is 0.871. The standard InChI is InChI=1S/C31H50Cl2N2O6/c1-29(2,3)41-28(39)31(6)16-15-20(30(31,4)5)25(36)35-23(27(38)40-7)17-18-11-13-19(14-12-18)34-26(37)24-21(32)9-8-10-22(24)33/h18-24H,8-17H2,1-7H3,(H,34,37)(H,35,36)/t18?,19?,20-,21?,22?,23+,24?,31+/m1/s1. The molecule has 8 nitrogen and oxygen atoms in total. The summed E-state index contributed by atoms with van der Waals surface area (Å²) in [5.74, 6) is -1.70. The largest absolute Gasteiger partial charge is 0.467 e. The lowest BCUT2D eigenvalue weighted by atomic mass is 9.65. The van der Waals surface area contributed by atoms with Gasteiger partial charge in [-0.2, -0.15) is 0 Å². The first-order valence-electron chi connectivity index (χ1n) is 15.2. The third-order valence-corrected chi connectivity index (χ3v) is 11.0. The van der Waals surface area contributed by atoms with Gasteiger partial charge in [0.25, 0.3) is 0 Å². The van der Waals surface area contributed by atoms with Crippen molar-refractivity contribution in [1.82, 2.24) is 10.6 Å². The fourth-order valence-electron chi connectivity index (χ4n) is 6.94. The van der Waals surface area contributed by atoms with Crippen molar-refractivity contribution in [3.63, 3.8) is 0 Å². The number of alkyl halides is 2. The topological polar surface area (TPSA) is 111 Å². The predicted octanol–water partition coefficient (Wildman–Crippen LogP) is 5.51. The molecule has 234 valence electrons. The smallest absolute Gasteiger partial charge is 0.328 e. The zero-order chi connectivity index (χ0) is 30.8. The molecule has 3 saturated carbocycles. The van der Waals surface area contributed by atoms with Gasteiger partial charge in [0.05, 0.1) is 18.4 Å². The molecule has 0 saturated heterocycles. The average molecular weight is 618 g/mol. The lowest BCUT2D eigenvalue weighted by Gasteiger charge is -2.40. The summed E-state index contributed by atoms with van der Waals surface area (Å²) in [6.45, 7) is 11.3. The Labute approximate surface area is 255 Å². The number of carbonyl (C=O) groups excluding carboxylic acids is 4. The maximum atomic E-state index is 13.6. The lowest BCUT2D eigenvalue weighted by Crippen LogP contribution is -2.51. The lowest BCUT2D eigenvalue weighted by molar-refractivity contribution is -0.173. The molecule has 3 aliphatic carbocycles. The van der Waals surface area contributed by atoms with Crippen molar-refractivity contribution in [2.75, 3.05) is 7.11 Å². The van der Waals surface area contributed by atoms with Gasteiger partial charge in [0, 0.05) is 22.7 Å². The van der Waals surface area contributed by atoms with Crippen LogP contribution >= 0.6 is 23.2 Å². The van der Waals surface area contributed by atoms with Crippen LogP contribution in [0.1, 0.15) is 106 Å². The molecule has 0 aromatic rings. The number of amides is 2. The molecule has 3 aliphatic rings. The van der Waals surface area contributed by atoms with Crippen molar-refractivity contribution < 1.29 is 28.7 Å². The Hall–Kier alpha value is -1.54. The molecule has 3 rings (SSSR count). The minimum absolute atomic E-state index is 0.0457. The van der Waals surface area contributed by atoms with Crippen molar-refractivity contribution in [2.45, 2.75) is 134 Å². The first kappa shape index (κ1) is 34.0. The Balaban J connectivity index is 1.57. The van der Waals surface area contributed by atoms with Crippen LogP contribution in [0.4, 0.5) is 0 Å². The van der Waals surface area contributed by atoms with E-state index in [4.69, 9.17) is 32.7 Å². The molecule has 3 fully saturated rings. The van der Waals surface area contributed by atoms with E-state index in [9.17, 15) is 19.2 Å². The number of methoxy groups -OCH3 is 1. The summed E-state index contributed by atoms with van der Waals surface area (Å²) < 4.78 is 10.8. The van der Waals surface area contributed by atoms with Crippen LogP contribution in [0.15, 0.2) is 0 Å². The summed E-state index contributed by atoms with van der Waals surface area (Å²) >= 11 is 12.9. The van der Waals surface area contributed by atoms with Crippen molar-refractivity contribution >= 4 is 47.0 Å². The van der Waals surface area contributed by atoms with E-state index in [2.05, 4.69) is 10.6 Å². The summed E-state index contributed by atoms with van der Waals surface area (Å²) in [7, 11) is 1.33. The fourth-order valence-corrected chi connectivity index (χ4v) is 7.90. The summed E-state index contributed by atoms with van der Waals surface area (Å²) in [4.78, 5) is 52.4. The van der Waals surface area contributed by atoms with Gasteiger partial charge in [0.15, 0.2) is 0 Å². The van der Waals surface area contributed by atoms with Gasteiger partial charge in [-0.3, -0.25) is 14.4 Å². The van der Waals surface area contributed by atoms with Gasteiger partial charge >= 0.3 is 11.9 Å². The molecule has 0 spiro atoms. The molecule has 0 heterocycles. The number of nitrogens with one attached hydrogen (secondary N) is 2. The van der Waals surface area contributed by atoms with Crippen LogP contribution in [0, 0.1) is 28.6 Å². The molecule has 2 N–H and O–H groups in total. The molecule has 0 radical (unpaired) electrons. The minimum Gasteiger partial charge on any atom is -0.467 e. The Kier molecular flexibility index (Phi) is 11.1. The summed E-state index contributed by atoms with van der Waals surface area (Å²) in [5, 5.41) is 5.65. The Morgan fingerprint density at radius 2 is 1.49 bits per heavy atom. The quantitative estimate of drug-likeness (QED) is 0.275. The van der Waals surface area contributed by atoms with Crippen LogP contribution in [-0.2, 0) is 28.7 Å². The van der Waals surface area contributed by atoms with Crippen molar-refractivity contribution in [3.8, 4) is 0 Å². The molecular formula is C31H50Cl2N2O6. The van der Waals surface area contributed by atoms with Crippen LogP contribution in [0.5, 0.6) is 0 Å². The first-order chi connectivity index (χ1) is 19.0. The van der Waals surface area contributed by atoms with Crippen LogP contribution in [-0.4, -0.2) is 59.3 Å². The molecule has 10 heteroatoms. The Morgan fingerprint density at radius 1 is 0.902 bits per heavy atom. The number of rotatable bonds is 8. The highest BCUT2D eigenvalue weighted by atomic mass is 35.5. The number of ether oxygens (including phenoxy) is 2. The molecule has 0 aliphatic heterocycles. The predicted molar refractivity (Wildman–Crippen MR) is 160 cm³/mol. The van der Waals surface area contributed by atoms with E-state index >= 15 is 0 Å². The minimum atomic E-state index is -0.823. The average Bonchev–Trinajstić information content (AvgIpc) is 3.12. The van der Waals surface area contributed by atoms with Crippen molar-refractivity contribution in [3.05, 3.63) is 0 Å². The molecule has 2 unspecified atom stereocenters. The maximum Gasteiger partial charge on any atom is 0.328 e. The van der Waals surface area contributed by atoms with E-state index in [1.54, 1.807) is 0 Å². The van der Waals surface area contributed by atoms with Crippen molar-refractivity contribution in [1.29, 1.82) is 0 Å². The van der Waals surface area contributed by atoms with E-state index in [0.29, 0.717) is 19.3 Å². The van der Waals surface area contributed by atoms with Crippen LogP contribution in [0.2, 0.25) is 0 Å². The number of halogens is 2. The SMILES string of the molecule is COC(=O)[C@H](CC1CCC(NC(=O)C2C(Cl)CCCC2Cl)CC1)NC(=O)[C@H]1CC[C@@](C)(C(=O)OC(C)(C)C)C1(C)C. The number of esters is 2. The van der Waals surface area contributed by atoms with Gasteiger partial charge in [0.1, 0.15) is 11.6 Å². The second-order valence-corrected chi connectivity index (χ2v) is 15.3. The molecule has 0 aromatic heterocycles. The molecule has 2 amide bonds. The molecule has 0 bridgehead atoms. The van der Waals surface area contributed by atoms with E-state index in [1.807, 2.05) is 41.5 Å². The van der Waals surface area contributed by atoms with Gasteiger partial charge in [-0.1, -0.05) is 20.3 Å². The third kappa shape index (κ3) is 7.90. The van der Waals surface area contributed by atoms with Crippen LogP contribution < -0.4 is 10.6 Å². The zero-order valence-corrected chi connectivity index (χ0v) is 27.3. The van der Waals surface area contributed by atoms with E-state index < -0.39 is 34.4 Å². The molecule has 41 heavy (non-hydrogen) atoms. The van der Waals surface area contributed by atoms with Crippen molar-refractivity contribution in [2.24, 2.45) is 28.6 Å². The van der Waals surface area contributed by atoms with Gasteiger partial charge in [-0.15, -0.1) is 23.2 Å². The second kappa shape index (κ2) is 13.4.